The molecule has 1 fully saturated rings. The van der Waals surface area contributed by atoms with Gasteiger partial charge in [0.1, 0.15) is 36.1 Å². The smallest absolute Gasteiger partial charge is 0.342 e. The highest BCUT2D eigenvalue weighted by atomic mass is 19.1. The summed E-state index contributed by atoms with van der Waals surface area (Å²) in [7, 11) is 2.97. The molecule has 0 aromatic heterocycles. The second kappa shape index (κ2) is 14.0. The Bertz CT molecular complexity index is 1370. The highest BCUT2D eigenvalue weighted by Crippen LogP contribution is 2.42. The van der Waals surface area contributed by atoms with Crippen molar-refractivity contribution >= 4 is 17.6 Å². The van der Waals surface area contributed by atoms with E-state index in [1.807, 2.05) is 32.1 Å². The number of hydrogen-bond donors (Lipinski definition) is 0. The Labute approximate surface area is 241 Å². The minimum Gasteiger partial charge on any atom is -0.496 e. The number of esters is 2. The van der Waals surface area contributed by atoms with Gasteiger partial charge in [0, 0.05) is 43.7 Å². The number of hydrogen-bond acceptors (Lipinski definition) is 8. The lowest BCUT2D eigenvalue weighted by atomic mass is 9.94. The second-order valence-corrected chi connectivity index (χ2v) is 10.1. The molecule has 9 heteroatoms. The Morgan fingerprint density at radius 1 is 1.10 bits per heavy atom. The van der Waals surface area contributed by atoms with E-state index in [1.165, 1.54) is 13.2 Å². The van der Waals surface area contributed by atoms with Gasteiger partial charge in [-0.1, -0.05) is 35.6 Å². The van der Waals surface area contributed by atoms with Crippen molar-refractivity contribution in [1.29, 1.82) is 0 Å². The summed E-state index contributed by atoms with van der Waals surface area (Å²) in [6.45, 7) is 7.72. The highest BCUT2D eigenvalue weighted by molar-refractivity contribution is 5.98. The molecule has 0 unspecified atom stereocenters. The molecular weight excluding hydrogens is 527 g/mol. The summed E-state index contributed by atoms with van der Waals surface area (Å²) < 4.78 is 36.1. The normalized spacial score (nSPS) is 15.1. The van der Waals surface area contributed by atoms with E-state index in [1.54, 1.807) is 13.2 Å². The maximum atomic E-state index is 14.1. The average molecular weight is 565 g/mol. The van der Waals surface area contributed by atoms with Crippen LogP contribution in [-0.4, -0.2) is 70.4 Å². The van der Waals surface area contributed by atoms with Gasteiger partial charge in [-0.05, 0) is 44.4 Å². The van der Waals surface area contributed by atoms with Gasteiger partial charge in [0.2, 0.25) is 0 Å². The molecule has 2 aliphatic heterocycles. The third-order valence-corrected chi connectivity index (χ3v) is 7.51. The van der Waals surface area contributed by atoms with Crippen molar-refractivity contribution in [3.8, 4) is 23.3 Å². The van der Waals surface area contributed by atoms with Gasteiger partial charge in [-0.3, -0.25) is 9.69 Å². The average Bonchev–Trinajstić information content (AvgIpc) is 3.37. The van der Waals surface area contributed by atoms with E-state index in [0.717, 1.165) is 48.4 Å². The Morgan fingerprint density at radius 2 is 1.85 bits per heavy atom. The van der Waals surface area contributed by atoms with E-state index < -0.39 is 5.97 Å². The van der Waals surface area contributed by atoms with Gasteiger partial charge in [-0.15, -0.1) is 0 Å². The second-order valence-electron chi connectivity index (χ2n) is 10.1. The number of benzene rings is 2. The summed E-state index contributed by atoms with van der Waals surface area (Å²) in [6, 6.07) is 6.84. The SMILES string of the molecule is COC(=O)CC/C(C)=C/Cc1c(OC)c(C)c2c(c1OCC#CCN1CCN(c3ccccc3F)CC1)C(=O)OC2. The van der Waals surface area contributed by atoms with Crippen molar-refractivity contribution in [2.45, 2.75) is 39.7 Å². The third kappa shape index (κ3) is 7.19. The Balaban J connectivity index is 1.43. The number of allylic oxidation sites excluding steroid dienone is 2. The first-order valence-electron chi connectivity index (χ1n) is 13.8. The van der Waals surface area contributed by atoms with E-state index in [-0.39, 0.29) is 25.0 Å². The van der Waals surface area contributed by atoms with Crippen LogP contribution in [0.25, 0.3) is 0 Å². The first-order chi connectivity index (χ1) is 19.8. The first-order valence-corrected chi connectivity index (χ1v) is 13.8. The van der Waals surface area contributed by atoms with Crippen molar-refractivity contribution < 1.29 is 32.9 Å². The molecule has 0 N–H and O–H groups in total. The molecule has 2 aliphatic rings. The molecule has 4 rings (SSSR count). The van der Waals surface area contributed by atoms with Crippen LogP contribution in [0, 0.1) is 24.6 Å². The molecule has 2 aromatic carbocycles. The molecule has 1 saturated heterocycles. The predicted molar refractivity (Wildman–Crippen MR) is 154 cm³/mol. The first kappa shape index (κ1) is 29.9. The number of rotatable bonds is 10. The molecule has 0 saturated carbocycles. The molecular formula is C32H37FN2O6. The Morgan fingerprint density at radius 3 is 2.56 bits per heavy atom. The summed E-state index contributed by atoms with van der Waals surface area (Å²) in [6.07, 6.45) is 3.32. The number of methoxy groups -OCH3 is 2. The molecule has 0 radical (unpaired) electrons. The number of para-hydroxylation sites is 1. The number of ether oxygens (including phenoxy) is 4. The van der Waals surface area contributed by atoms with E-state index in [2.05, 4.69) is 21.6 Å². The van der Waals surface area contributed by atoms with Crippen LogP contribution >= 0.6 is 0 Å². The number of anilines is 1. The predicted octanol–water partition coefficient (Wildman–Crippen LogP) is 4.46. The van der Waals surface area contributed by atoms with Crippen LogP contribution in [0.4, 0.5) is 10.1 Å². The number of cyclic esters (lactones) is 1. The van der Waals surface area contributed by atoms with Gasteiger partial charge in [0.15, 0.2) is 0 Å². The van der Waals surface area contributed by atoms with Crippen LogP contribution in [0.2, 0.25) is 0 Å². The maximum absolute atomic E-state index is 14.1. The summed E-state index contributed by atoms with van der Waals surface area (Å²) in [5.41, 5.74) is 4.42. The van der Waals surface area contributed by atoms with E-state index >= 15 is 0 Å². The minimum atomic E-state index is -0.422. The van der Waals surface area contributed by atoms with Crippen molar-refractivity contribution in [3.63, 3.8) is 0 Å². The van der Waals surface area contributed by atoms with Crippen molar-refractivity contribution in [2.75, 3.05) is 58.5 Å². The molecule has 41 heavy (non-hydrogen) atoms. The van der Waals surface area contributed by atoms with E-state index in [4.69, 9.17) is 18.9 Å². The van der Waals surface area contributed by atoms with Crippen LogP contribution in [0.1, 0.15) is 46.8 Å². The number of halogens is 1. The number of nitrogens with zero attached hydrogens (tertiary/aromatic N) is 2. The van der Waals surface area contributed by atoms with Gasteiger partial charge in [0.25, 0.3) is 0 Å². The Kier molecular flexibility index (Phi) is 10.3. The topological polar surface area (TPSA) is 77.5 Å². The van der Waals surface area contributed by atoms with Crippen LogP contribution in [0.5, 0.6) is 11.5 Å². The third-order valence-electron chi connectivity index (χ3n) is 7.51. The highest BCUT2D eigenvalue weighted by Gasteiger charge is 2.33. The van der Waals surface area contributed by atoms with Crippen molar-refractivity contribution in [1.82, 2.24) is 4.90 Å². The lowest BCUT2D eigenvalue weighted by molar-refractivity contribution is -0.140. The monoisotopic (exact) mass is 564 g/mol. The number of carbonyl (C=O) groups is 2. The van der Waals surface area contributed by atoms with E-state index in [0.29, 0.717) is 48.6 Å². The lowest BCUT2D eigenvalue weighted by Gasteiger charge is -2.35. The van der Waals surface area contributed by atoms with Crippen LogP contribution in [-0.2, 0) is 27.3 Å². The molecule has 0 bridgehead atoms. The quantitative estimate of drug-likeness (QED) is 0.238. The van der Waals surface area contributed by atoms with Crippen LogP contribution < -0.4 is 14.4 Å². The minimum absolute atomic E-state index is 0.0964. The van der Waals surface area contributed by atoms with Crippen molar-refractivity contribution in [2.24, 2.45) is 0 Å². The summed E-state index contributed by atoms with van der Waals surface area (Å²) in [5.74, 6) is 6.43. The van der Waals surface area contributed by atoms with Crippen molar-refractivity contribution in [3.05, 3.63) is 64.0 Å². The largest absolute Gasteiger partial charge is 0.496 e. The fraction of sp³-hybridized carbons (Fsp3) is 0.438. The molecule has 0 aliphatic carbocycles. The van der Waals surface area contributed by atoms with Crippen LogP contribution in [0.3, 0.4) is 0 Å². The van der Waals surface area contributed by atoms with Gasteiger partial charge >= 0.3 is 11.9 Å². The summed E-state index contributed by atoms with van der Waals surface area (Å²) in [5, 5.41) is 0. The molecule has 218 valence electrons. The fourth-order valence-corrected chi connectivity index (χ4v) is 5.13. The number of carbonyl (C=O) groups excluding carboxylic acids is 2. The zero-order valence-electron chi connectivity index (χ0n) is 24.2. The van der Waals surface area contributed by atoms with Gasteiger partial charge in [-0.2, -0.15) is 0 Å². The van der Waals surface area contributed by atoms with Crippen LogP contribution in [0.15, 0.2) is 35.9 Å². The molecule has 2 heterocycles. The standard InChI is InChI=1S/C32H37FN2O6/c1-22(12-14-28(36)38-3)11-13-24-30(39-4)23(2)25-21-41-32(37)29(25)31(24)40-20-8-7-15-34-16-18-35(19-17-34)27-10-6-5-9-26(27)33/h5-6,9-11H,12-21H2,1-4H3/b22-11+. The fourth-order valence-electron chi connectivity index (χ4n) is 5.13. The van der Waals surface area contributed by atoms with Gasteiger partial charge < -0.3 is 23.8 Å². The lowest BCUT2D eigenvalue weighted by Crippen LogP contribution is -2.46. The molecule has 0 amide bonds. The number of fused-ring (bicyclic) bond motifs is 1. The zero-order valence-corrected chi connectivity index (χ0v) is 24.2. The van der Waals surface area contributed by atoms with Gasteiger partial charge in [-0.25, -0.2) is 9.18 Å². The maximum Gasteiger partial charge on any atom is 0.342 e. The zero-order chi connectivity index (χ0) is 29.4. The number of piperazine rings is 1. The Hall–Kier alpha value is -4.03. The van der Waals surface area contributed by atoms with E-state index in [9.17, 15) is 14.0 Å². The molecule has 0 spiro atoms. The summed E-state index contributed by atoms with van der Waals surface area (Å²) in [4.78, 5) is 28.5. The molecule has 8 nitrogen and oxygen atoms in total. The molecule has 0 atom stereocenters. The molecule has 2 aromatic rings. The summed E-state index contributed by atoms with van der Waals surface area (Å²) >= 11 is 0. The van der Waals surface area contributed by atoms with Gasteiger partial charge in [0.05, 0.1) is 26.5 Å².